The summed E-state index contributed by atoms with van der Waals surface area (Å²) < 4.78 is 4.73. The molecule has 172 valence electrons. The van der Waals surface area contributed by atoms with E-state index in [2.05, 4.69) is 6.92 Å². The summed E-state index contributed by atoms with van der Waals surface area (Å²) in [6.45, 7) is 2.27. The Bertz CT molecular complexity index is 1440. The number of hydrogen-bond acceptors (Lipinski definition) is 3. The molecule has 2 heterocycles. The second-order valence-corrected chi connectivity index (χ2v) is 8.52. The van der Waals surface area contributed by atoms with Gasteiger partial charge in [0.15, 0.2) is 0 Å². The van der Waals surface area contributed by atoms with Crippen LogP contribution < -0.4 is 11.2 Å². The molecule has 0 unspecified atom stereocenters. The molecular weight excluding hydrogens is 418 g/mol. The second-order valence-electron chi connectivity index (χ2n) is 8.52. The van der Waals surface area contributed by atoms with E-state index in [0.29, 0.717) is 17.4 Å². The van der Waals surface area contributed by atoms with Gasteiger partial charge < -0.3 is 9.67 Å². The number of aliphatic carboxylic acids is 1. The van der Waals surface area contributed by atoms with E-state index < -0.39 is 17.2 Å². The Morgan fingerprint density at radius 2 is 1.70 bits per heavy atom. The first-order valence-electron chi connectivity index (χ1n) is 11.4. The van der Waals surface area contributed by atoms with Crippen molar-refractivity contribution in [1.82, 2.24) is 13.7 Å². The van der Waals surface area contributed by atoms with E-state index in [1.807, 2.05) is 60.3 Å². The fourth-order valence-corrected chi connectivity index (χ4v) is 4.58. The zero-order valence-corrected chi connectivity index (χ0v) is 19.1. The Morgan fingerprint density at radius 1 is 0.939 bits per heavy atom. The molecule has 0 aliphatic carbocycles. The standard InChI is InChI=1S/C26H29N3O4/c1-3-4-5-9-18-10-8-13-22-24(18)25(32)28(15-14-23(30)31)26(33)29(22)17-19-16-27(2)21-12-7-6-11-20(19)21/h6-8,10-13,16H,3-5,9,14-15,17H2,1-2H3,(H,30,31). The third kappa shape index (κ3) is 4.35. The Hall–Kier alpha value is -3.61. The highest BCUT2D eigenvalue weighted by Gasteiger charge is 2.18. The van der Waals surface area contributed by atoms with Crippen LogP contribution in [0.25, 0.3) is 21.8 Å². The van der Waals surface area contributed by atoms with Crippen molar-refractivity contribution < 1.29 is 9.90 Å². The molecule has 0 saturated heterocycles. The molecule has 0 amide bonds. The van der Waals surface area contributed by atoms with E-state index >= 15 is 0 Å². The van der Waals surface area contributed by atoms with Crippen LogP contribution in [0.3, 0.4) is 0 Å². The molecule has 4 aromatic rings. The SMILES string of the molecule is CCCCCc1cccc2c1c(=O)n(CCC(=O)O)c(=O)n2Cc1cn(C)c2ccccc12. The number of aryl methyl sites for hydroxylation is 2. The smallest absolute Gasteiger partial charge is 0.331 e. The number of aromatic nitrogens is 3. The normalized spacial score (nSPS) is 11.5. The second kappa shape index (κ2) is 9.48. The van der Waals surface area contributed by atoms with Crippen molar-refractivity contribution in [2.24, 2.45) is 7.05 Å². The number of benzene rings is 2. The number of para-hydroxylation sites is 1. The average Bonchev–Trinajstić information content (AvgIpc) is 3.12. The number of hydrogen-bond donors (Lipinski definition) is 1. The zero-order chi connectivity index (χ0) is 23.5. The van der Waals surface area contributed by atoms with Crippen LogP contribution in [0.1, 0.15) is 43.7 Å². The van der Waals surface area contributed by atoms with E-state index in [0.717, 1.165) is 52.3 Å². The minimum atomic E-state index is -1.04. The molecule has 0 atom stereocenters. The molecule has 2 aromatic carbocycles. The van der Waals surface area contributed by atoms with Crippen LogP contribution in [-0.2, 0) is 31.4 Å². The maximum absolute atomic E-state index is 13.5. The van der Waals surface area contributed by atoms with Gasteiger partial charge in [-0.1, -0.05) is 50.1 Å². The number of rotatable bonds is 9. The van der Waals surface area contributed by atoms with Gasteiger partial charge in [0.05, 0.1) is 23.9 Å². The van der Waals surface area contributed by atoms with E-state index in [4.69, 9.17) is 5.11 Å². The molecule has 7 heteroatoms. The van der Waals surface area contributed by atoms with Crippen LogP contribution in [0, 0.1) is 0 Å². The van der Waals surface area contributed by atoms with E-state index in [9.17, 15) is 14.4 Å². The van der Waals surface area contributed by atoms with Gasteiger partial charge in [-0.2, -0.15) is 0 Å². The fourth-order valence-electron chi connectivity index (χ4n) is 4.58. The third-order valence-electron chi connectivity index (χ3n) is 6.25. The van der Waals surface area contributed by atoms with Gasteiger partial charge in [0.2, 0.25) is 0 Å². The van der Waals surface area contributed by atoms with Crippen LogP contribution in [0.4, 0.5) is 0 Å². The van der Waals surface area contributed by atoms with Gasteiger partial charge in [-0.3, -0.25) is 18.7 Å². The number of fused-ring (bicyclic) bond motifs is 2. The number of carbonyl (C=O) groups is 1. The Morgan fingerprint density at radius 3 is 2.45 bits per heavy atom. The summed E-state index contributed by atoms with van der Waals surface area (Å²) in [5, 5.41) is 10.7. The van der Waals surface area contributed by atoms with Crippen molar-refractivity contribution in [1.29, 1.82) is 0 Å². The number of nitrogens with zero attached hydrogens (tertiary/aromatic N) is 3. The highest BCUT2D eigenvalue weighted by molar-refractivity contribution is 5.85. The van der Waals surface area contributed by atoms with Crippen LogP contribution in [-0.4, -0.2) is 24.8 Å². The molecule has 2 aromatic heterocycles. The van der Waals surface area contributed by atoms with Crippen LogP contribution >= 0.6 is 0 Å². The van der Waals surface area contributed by atoms with Crippen molar-refractivity contribution >= 4 is 27.8 Å². The summed E-state index contributed by atoms with van der Waals surface area (Å²) in [5.41, 5.74) is 2.64. The maximum Gasteiger partial charge on any atom is 0.331 e. The topological polar surface area (TPSA) is 86.2 Å². The number of carboxylic acid groups (broad SMARTS) is 1. The highest BCUT2D eigenvalue weighted by Crippen LogP contribution is 2.23. The molecule has 7 nitrogen and oxygen atoms in total. The van der Waals surface area contributed by atoms with E-state index in [-0.39, 0.29) is 13.0 Å². The first-order chi connectivity index (χ1) is 15.9. The molecule has 0 radical (unpaired) electrons. The van der Waals surface area contributed by atoms with E-state index in [1.54, 1.807) is 4.57 Å². The lowest BCUT2D eigenvalue weighted by Gasteiger charge is -2.16. The predicted octanol–water partition coefficient (Wildman–Crippen LogP) is 3.91. The highest BCUT2D eigenvalue weighted by atomic mass is 16.4. The van der Waals surface area contributed by atoms with Gasteiger partial charge in [-0.15, -0.1) is 0 Å². The fraction of sp³-hybridized carbons (Fsp3) is 0.346. The van der Waals surface area contributed by atoms with E-state index in [1.165, 1.54) is 0 Å². The predicted molar refractivity (Wildman–Crippen MR) is 130 cm³/mol. The minimum Gasteiger partial charge on any atom is -0.481 e. The minimum absolute atomic E-state index is 0.151. The summed E-state index contributed by atoms with van der Waals surface area (Å²) in [6, 6.07) is 13.6. The summed E-state index contributed by atoms with van der Waals surface area (Å²) >= 11 is 0. The summed E-state index contributed by atoms with van der Waals surface area (Å²) in [5.74, 6) is -1.04. The Balaban J connectivity index is 1.93. The molecule has 1 N–H and O–H groups in total. The molecule has 0 bridgehead atoms. The number of carboxylic acids is 1. The van der Waals surface area contributed by atoms with Gasteiger partial charge in [0, 0.05) is 30.7 Å². The average molecular weight is 448 g/mol. The molecule has 0 saturated carbocycles. The molecule has 4 rings (SSSR count). The zero-order valence-electron chi connectivity index (χ0n) is 19.1. The summed E-state index contributed by atoms with van der Waals surface area (Å²) in [4.78, 5) is 38.0. The summed E-state index contributed by atoms with van der Waals surface area (Å²) in [6.07, 6.45) is 5.53. The first-order valence-corrected chi connectivity index (χ1v) is 11.4. The molecule has 33 heavy (non-hydrogen) atoms. The lowest BCUT2D eigenvalue weighted by molar-refractivity contribution is -0.137. The first kappa shape index (κ1) is 22.6. The maximum atomic E-state index is 13.5. The van der Waals surface area contributed by atoms with Gasteiger partial charge >= 0.3 is 11.7 Å². The van der Waals surface area contributed by atoms with Crippen LogP contribution in [0.15, 0.2) is 58.3 Å². The van der Waals surface area contributed by atoms with Crippen molar-refractivity contribution in [2.45, 2.75) is 52.1 Å². The van der Waals surface area contributed by atoms with Gasteiger partial charge in [-0.05, 0) is 36.1 Å². The van der Waals surface area contributed by atoms with Gasteiger partial charge in [0.25, 0.3) is 5.56 Å². The molecular formula is C26H29N3O4. The van der Waals surface area contributed by atoms with Crippen molar-refractivity contribution in [3.05, 3.63) is 80.6 Å². The van der Waals surface area contributed by atoms with Crippen molar-refractivity contribution in [3.63, 3.8) is 0 Å². The lowest BCUT2D eigenvalue weighted by atomic mass is 10.0. The quantitative estimate of drug-likeness (QED) is 0.394. The van der Waals surface area contributed by atoms with Crippen molar-refractivity contribution in [2.75, 3.05) is 0 Å². The van der Waals surface area contributed by atoms with Gasteiger partial charge in [0.1, 0.15) is 0 Å². The Labute approximate surface area is 191 Å². The summed E-state index contributed by atoms with van der Waals surface area (Å²) in [7, 11) is 1.96. The third-order valence-corrected chi connectivity index (χ3v) is 6.25. The molecule has 0 spiro atoms. The largest absolute Gasteiger partial charge is 0.481 e. The van der Waals surface area contributed by atoms with Crippen LogP contribution in [0.2, 0.25) is 0 Å². The van der Waals surface area contributed by atoms with Gasteiger partial charge in [-0.25, -0.2) is 4.79 Å². The number of unbranched alkanes of at least 4 members (excludes halogenated alkanes) is 2. The van der Waals surface area contributed by atoms with Crippen molar-refractivity contribution in [3.8, 4) is 0 Å². The monoisotopic (exact) mass is 447 g/mol. The molecule has 0 aliphatic rings. The molecule has 0 aliphatic heterocycles. The van der Waals surface area contributed by atoms with Crippen LogP contribution in [0.5, 0.6) is 0 Å². The Kier molecular flexibility index (Phi) is 6.49. The molecule has 0 fully saturated rings. The lowest BCUT2D eigenvalue weighted by Crippen LogP contribution is -2.41.